The van der Waals surface area contributed by atoms with Crippen molar-refractivity contribution in [3.05, 3.63) is 40.8 Å². The quantitative estimate of drug-likeness (QED) is 0.763. The molecule has 0 atom stereocenters. The molecule has 1 aliphatic heterocycles. The van der Waals surface area contributed by atoms with Gasteiger partial charge in [0.25, 0.3) is 0 Å². The maximum absolute atomic E-state index is 12.8. The predicted octanol–water partition coefficient (Wildman–Crippen LogP) is 3.76. The Morgan fingerprint density at radius 3 is 2.40 bits per heavy atom. The fourth-order valence-electron chi connectivity index (χ4n) is 2.89. The van der Waals surface area contributed by atoms with Crippen LogP contribution in [-0.2, 0) is 6.18 Å². The second kappa shape index (κ2) is 7.15. The van der Waals surface area contributed by atoms with Crippen LogP contribution in [-0.4, -0.2) is 41.1 Å². The second-order valence-electron chi connectivity index (χ2n) is 5.91. The first-order chi connectivity index (χ1) is 11.8. The van der Waals surface area contributed by atoms with E-state index in [0.717, 1.165) is 23.4 Å². The first kappa shape index (κ1) is 17.9. The molecule has 0 aliphatic carbocycles. The average Bonchev–Trinajstić information content (AvgIpc) is 2.61. The molecule has 0 unspecified atom stereocenters. The lowest BCUT2D eigenvalue weighted by Crippen LogP contribution is -2.44. The molecule has 3 heterocycles. The molecule has 1 aliphatic rings. The Bertz CT molecular complexity index is 714. The minimum Gasteiger partial charge on any atom is -0.356 e. The molecule has 2 aromatic heterocycles. The van der Waals surface area contributed by atoms with Gasteiger partial charge in [0, 0.05) is 38.6 Å². The van der Waals surface area contributed by atoms with Crippen LogP contribution in [0.25, 0.3) is 0 Å². The summed E-state index contributed by atoms with van der Waals surface area (Å²) in [5, 5.41) is 0. The molecule has 0 spiro atoms. The van der Waals surface area contributed by atoms with E-state index < -0.39 is 11.9 Å². The maximum Gasteiger partial charge on any atom is 0.433 e. The molecule has 9 heteroatoms. The number of piperidine rings is 1. The van der Waals surface area contributed by atoms with Gasteiger partial charge in [-0.3, -0.25) is 0 Å². The minimum absolute atomic E-state index is 0.239. The molecule has 0 bridgehead atoms. The summed E-state index contributed by atoms with van der Waals surface area (Å²) in [5.41, 5.74) is -0.854. The van der Waals surface area contributed by atoms with Gasteiger partial charge in [-0.05, 0) is 40.9 Å². The fraction of sp³-hybridized carbons (Fsp3) is 0.438. The lowest BCUT2D eigenvalue weighted by atomic mass is 10.0. The first-order valence-electron chi connectivity index (χ1n) is 7.84. The van der Waals surface area contributed by atoms with E-state index in [4.69, 9.17) is 0 Å². The highest BCUT2D eigenvalue weighted by Crippen LogP contribution is 2.30. The van der Waals surface area contributed by atoms with Crippen LogP contribution < -0.4 is 9.80 Å². The highest BCUT2D eigenvalue weighted by atomic mass is 79.9. The standard InChI is InChI=1S/C16H17BrF3N5/c1-24(15-21-9-11(17)10-22-15)12-5-7-25(8-6-12)14-4-2-3-13(23-14)16(18,19)20/h2-4,9-10,12H,5-8H2,1H3. The molecule has 0 radical (unpaired) electrons. The number of alkyl halides is 3. The zero-order chi connectivity index (χ0) is 18.0. The van der Waals surface area contributed by atoms with Gasteiger partial charge in [0.1, 0.15) is 11.5 Å². The monoisotopic (exact) mass is 415 g/mol. The highest BCUT2D eigenvalue weighted by molar-refractivity contribution is 9.10. The Morgan fingerprint density at radius 2 is 1.80 bits per heavy atom. The van der Waals surface area contributed by atoms with Gasteiger partial charge in [-0.15, -0.1) is 0 Å². The van der Waals surface area contributed by atoms with Gasteiger partial charge < -0.3 is 9.80 Å². The Kier molecular flexibility index (Phi) is 5.12. The van der Waals surface area contributed by atoms with Crippen LogP contribution in [0.1, 0.15) is 18.5 Å². The maximum atomic E-state index is 12.8. The zero-order valence-corrected chi connectivity index (χ0v) is 15.1. The van der Waals surface area contributed by atoms with E-state index in [2.05, 4.69) is 30.9 Å². The van der Waals surface area contributed by atoms with Gasteiger partial charge in [-0.2, -0.15) is 13.2 Å². The number of nitrogens with zero attached hydrogens (tertiary/aromatic N) is 5. The normalized spacial score (nSPS) is 16.1. The first-order valence-corrected chi connectivity index (χ1v) is 8.63. The van der Waals surface area contributed by atoms with Crippen molar-refractivity contribution in [1.82, 2.24) is 15.0 Å². The van der Waals surface area contributed by atoms with Crippen molar-refractivity contribution in [1.29, 1.82) is 0 Å². The summed E-state index contributed by atoms with van der Waals surface area (Å²) in [7, 11) is 1.94. The van der Waals surface area contributed by atoms with E-state index in [1.165, 1.54) is 6.07 Å². The van der Waals surface area contributed by atoms with Crippen LogP contribution >= 0.6 is 15.9 Å². The minimum atomic E-state index is -4.42. The molecular formula is C16H17BrF3N5. The number of hydrogen-bond donors (Lipinski definition) is 0. The molecule has 0 amide bonds. The van der Waals surface area contributed by atoms with Crippen LogP contribution in [0, 0.1) is 0 Å². The van der Waals surface area contributed by atoms with E-state index >= 15 is 0 Å². The predicted molar refractivity (Wildman–Crippen MR) is 92.6 cm³/mol. The summed E-state index contributed by atoms with van der Waals surface area (Å²) in [6.07, 6.45) is 0.566. The van der Waals surface area contributed by atoms with Crippen LogP contribution in [0.5, 0.6) is 0 Å². The molecular weight excluding hydrogens is 399 g/mol. The van der Waals surface area contributed by atoms with Crippen molar-refractivity contribution in [2.75, 3.05) is 29.9 Å². The van der Waals surface area contributed by atoms with Crippen molar-refractivity contribution in [3.63, 3.8) is 0 Å². The van der Waals surface area contributed by atoms with Crippen LogP contribution in [0.3, 0.4) is 0 Å². The summed E-state index contributed by atoms with van der Waals surface area (Å²) >= 11 is 3.31. The average molecular weight is 416 g/mol. The Labute approximate surface area is 152 Å². The Morgan fingerprint density at radius 1 is 1.16 bits per heavy atom. The zero-order valence-electron chi connectivity index (χ0n) is 13.5. The third-order valence-corrected chi connectivity index (χ3v) is 4.69. The van der Waals surface area contributed by atoms with E-state index in [0.29, 0.717) is 24.9 Å². The van der Waals surface area contributed by atoms with E-state index in [9.17, 15) is 13.2 Å². The van der Waals surface area contributed by atoms with E-state index in [1.54, 1.807) is 18.5 Å². The molecule has 1 fully saturated rings. The molecule has 2 aromatic rings. The number of aromatic nitrogens is 3. The fourth-order valence-corrected chi connectivity index (χ4v) is 3.10. The molecule has 5 nitrogen and oxygen atoms in total. The van der Waals surface area contributed by atoms with Crippen molar-refractivity contribution in [2.45, 2.75) is 25.1 Å². The highest BCUT2D eigenvalue weighted by Gasteiger charge is 2.33. The smallest absolute Gasteiger partial charge is 0.356 e. The van der Waals surface area contributed by atoms with Crippen LogP contribution in [0.2, 0.25) is 0 Å². The molecule has 3 rings (SSSR count). The van der Waals surface area contributed by atoms with Crippen molar-refractivity contribution < 1.29 is 13.2 Å². The lowest BCUT2D eigenvalue weighted by molar-refractivity contribution is -0.141. The molecule has 0 saturated carbocycles. The second-order valence-corrected chi connectivity index (χ2v) is 6.82. The van der Waals surface area contributed by atoms with Gasteiger partial charge in [-0.1, -0.05) is 6.07 Å². The van der Waals surface area contributed by atoms with Crippen molar-refractivity contribution >= 4 is 27.7 Å². The number of pyridine rings is 1. The molecule has 25 heavy (non-hydrogen) atoms. The van der Waals surface area contributed by atoms with Gasteiger partial charge in [0.15, 0.2) is 0 Å². The summed E-state index contributed by atoms with van der Waals surface area (Å²) in [6, 6.07) is 4.26. The number of halogens is 4. The summed E-state index contributed by atoms with van der Waals surface area (Å²) in [5.74, 6) is 1.01. The largest absolute Gasteiger partial charge is 0.433 e. The topological polar surface area (TPSA) is 45.2 Å². The summed E-state index contributed by atoms with van der Waals surface area (Å²) in [4.78, 5) is 16.2. The third-order valence-electron chi connectivity index (χ3n) is 4.28. The van der Waals surface area contributed by atoms with E-state index in [1.807, 2.05) is 16.8 Å². The molecule has 0 aromatic carbocycles. The van der Waals surface area contributed by atoms with Gasteiger partial charge in [-0.25, -0.2) is 15.0 Å². The Balaban J connectivity index is 1.65. The third kappa shape index (κ3) is 4.20. The van der Waals surface area contributed by atoms with Crippen molar-refractivity contribution in [2.24, 2.45) is 0 Å². The molecule has 0 N–H and O–H groups in total. The number of hydrogen-bond acceptors (Lipinski definition) is 5. The van der Waals surface area contributed by atoms with E-state index in [-0.39, 0.29) is 6.04 Å². The lowest BCUT2D eigenvalue weighted by Gasteiger charge is -2.37. The molecule has 1 saturated heterocycles. The number of rotatable bonds is 3. The Hall–Kier alpha value is -1.90. The SMILES string of the molecule is CN(c1ncc(Br)cn1)C1CCN(c2cccc(C(F)(F)F)n2)CC1. The van der Waals surface area contributed by atoms with Gasteiger partial charge in [0.2, 0.25) is 5.95 Å². The summed E-state index contributed by atoms with van der Waals surface area (Å²) < 4.78 is 39.3. The number of anilines is 2. The van der Waals surface area contributed by atoms with Crippen LogP contribution in [0.15, 0.2) is 35.1 Å². The van der Waals surface area contributed by atoms with Gasteiger partial charge >= 0.3 is 6.18 Å². The van der Waals surface area contributed by atoms with Gasteiger partial charge in [0.05, 0.1) is 4.47 Å². The molecule has 134 valence electrons. The summed E-state index contributed by atoms with van der Waals surface area (Å²) in [6.45, 7) is 1.28. The van der Waals surface area contributed by atoms with Crippen LogP contribution in [0.4, 0.5) is 24.9 Å². The van der Waals surface area contributed by atoms with Crippen molar-refractivity contribution in [3.8, 4) is 0 Å².